The summed E-state index contributed by atoms with van der Waals surface area (Å²) in [5.74, 6) is 1.30. The highest BCUT2D eigenvalue weighted by Crippen LogP contribution is 2.20. The van der Waals surface area contributed by atoms with Gasteiger partial charge in [0.05, 0.1) is 12.4 Å². The van der Waals surface area contributed by atoms with E-state index < -0.39 is 0 Å². The standard InChI is InChI=1S/C12H16N4O/c1-9-4-10(6-13-2)5-12(15-9)17-11-7-14-16(3)8-11/h4-5,7-8,13H,6H2,1-3H3. The normalized spacial score (nSPS) is 10.5. The highest BCUT2D eigenvalue weighted by atomic mass is 16.5. The fourth-order valence-electron chi connectivity index (χ4n) is 1.64. The van der Waals surface area contributed by atoms with Gasteiger partial charge in [0.2, 0.25) is 5.88 Å². The van der Waals surface area contributed by atoms with Crippen LogP contribution in [-0.4, -0.2) is 21.8 Å². The summed E-state index contributed by atoms with van der Waals surface area (Å²) in [6, 6.07) is 3.96. The first-order valence-corrected chi connectivity index (χ1v) is 5.46. The number of hydrogen-bond acceptors (Lipinski definition) is 4. The van der Waals surface area contributed by atoms with Crippen LogP contribution in [0.25, 0.3) is 0 Å². The molecule has 0 saturated heterocycles. The maximum atomic E-state index is 5.64. The molecule has 17 heavy (non-hydrogen) atoms. The number of nitrogens with zero attached hydrogens (tertiary/aromatic N) is 3. The first kappa shape index (κ1) is 11.6. The molecule has 0 bridgehead atoms. The first-order chi connectivity index (χ1) is 8.17. The van der Waals surface area contributed by atoms with Crippen molar-refractivity contribution in [3.63, 3.8) is 0 Å². The number of rotatable bonds is 4. The van der Waals surface area contributed by atoms with Crippen LogP contribution in [0, 0.1) is 6.92 Å². The van der Waals surface area contributed by atoms with Gasteiger partial charge in [0.15, 0.2) is 5.75 Å². The zero-order valence-corrected chi connectivity index (χ0v) is 10.3. The lowest BCUT2D eigenvalue weighted by Gasteiger charge is -2.06. The summed E-state index contributed by atoms with van der Waals surface area (Å²) in [7, 11) is 3.76. The van der Waals surface area contributed by atoms with Crippen LogP contribution >= 0.6 is 0 Å². The minimum absolute atomic E-state index is 0.600. The molecule has 0 aromatic carbocycles. The van der Waals surface area contributed by atoms with Gasteiger partial charge in [-0.2, -0.15) is 5.10 Å². The quantitative estimate of drug-likeness (QED) is 0.870. The summed E-state index contributed by atoms with van der Waals surface area (Å²) in [5, 5.41) is 7.15. The second-order valence-corrected chi connectivity index (χ2v) is 3.94. The van der Waals surface area contributed by atoms with Gasteiger partial charge < -0.3 is 10.1 Å². The average molecular weight is 232 g/mol. The molecule has 2 aromatic rings. The van der Waals surface area contributed by atoms with Crippen LogP contribution in [0.1, 0.15) is 11.3 Å². The number of nitrogens with one attached hydrogen (secondary N) is 1. The van der Waals surface area contributed by atoms with Gasteiger partial charge in [0.25, 0.3) is 0 Å². The molecule has 5 heteroatoms. The van der Waals surface area contributed by atoms with Crippen LogP contribution in [0.3, 0.4) is 0 Å². The van der Waals surface area contributed by atoms with Crippen LogP contribution < -0.4 is 10.1 Å². The molecule has 0 spiro atoms. The van der Waals surface area contributed by atoms with E-state index in [2.05, 4.69) is 15.4 Å². The highest BCUT2D eigenvalue weighted by molar-refractivity contribution is 5.28. The molecule has 0 saturated carbocycles. The molecule has 0 fully saturated rings. The lowest BCUT2D eigenvalue weighted by Crippen LogP contribution is -2.06. The molecular formula is C12H16N4O. The van der Waals surface area contributed by atoms with Crippen LogP contribution in [0.4, 0.5) is 0 Å². The predicted octanol–water partition coefficient (Wildman–Crippen LogP) is 1.64. The van der Waals surface area contributed by atoms with Crippen molar-refractivity contribution in [2.24, 2.45) is 7.05 Å². The van der Waals surface area contributed by atoms with E-state index in [1.807, 2.05) is 39.3 Å². The molecule has 0 aliphatic rings. The van der Waals surface area contributed by atoms with E-state index in [1.165, 1.54) is 0 Å². The maximum Gasteiger partial charge on any atom is 0.219 e. The van der Waals surface area contributed by atoms with Crippen molar-refractivity contribution in [1.82, 2.24) is 20.1 Å². The second kappa shape index (κ2) is 4.97. The molecule has 2 rings (SSSR count). The number of aromatic nitrogens is 3. The van der Waals surface area contributed by atoms with Crippen LogP contribution in [-0.2, 0) is 13.6 Å². The van der Waals surface area contributed by atoms with E-state index in [0.29, 0.717) is 11.6 Å². The van der Waals surface area contributed by atoms with Gasteiger partial charge in [-0.1, -0.05) is 0 Å². The summed E-state index contributed by atoms with van der Waals surface area (Å²) in [4.78, 5) is 4.33. The number of aryl methyl sites for hydroxylation is 2. The van der Waals surface area contributed by atoms with E-state index in [-0.39, 0.29) is 0 Å². The summed E-state index contributed by atoms with van der Waals surface area (Å²) < 4.78 is 7.34. The van der Waals surface area contributed by atoms with E-state index in [9.17, 15) is 0 Å². The van der Waals surface area contributed by atoms with Gasteiger partial charge in [-0.15, -0.1) is 0 Å². The number of ether oxygens (including phenoxy) is 1. The molecule has 0 aliphatic carbocycles. The predicted molar refractivity (Wildman–Crippen MR) is 65.0 cm³/mol. The largest absolute Gasteiger partial charge is 0.436 e. The van der Waals surface area contributed by atoms with Crippen molar-refractivity contribution in [3.05, 3.63) is 35.8 Å². The molecule has 5 nitrogen and oxygen atoms in total. The SMILES string of the molecule is CNCc1cc(C)nc(Oc2cnn(C)c2)c1. The third-order valence-corrected chi connectivity index (χ3v) is 2.27. The van der Waals surface area contributed by atoms with Crippen LogP contribution in [0.2, 0.25) is 0 Å². The minimum atomic E-state index is 0.600. The Morgan fingerprint density at radius 1 is 1.41 bits per heavy atom. The Hall–Kier alpha value is -1.88. The average Bonchev–Trinajstić information content (AvgIpc) is 2.63. The van der Waals surface area contributed by atoms with Crippen molar-refractivity contribution in [2.75, 3.05) is 7.05 Å². The zero-order chi connectivity index (χ0) is 12.3. The van der Waals surface area contributed by atoms with Crippen LogP contribution in [0.5, 0.6) is 11.6 Å². The molecular weight excluding hydrogens is 216 g/mol. The molecule has 2 heterocycles. The lowest BCUT2D eigenvalue weighted by atomic mass is 10.2. The maximum absolute atomic E-state index is 5.64. The summed E-state index contributed by atoms with van der Waals surface area (Å²) >= 11 is 0. The number of pyridine rings is 1. The van der Waals surface area contributed by atoms with E-state index >= 15 is 0 Å². The fourth-order valence-corrected chi connectivity index (χ4v) is 1.64. The second-order valence-electron chi connectivity index (χ2n) is 3.94. The van der Waals surface area contributed by atoms with E-state index in [4.69, 9.17) is 4.74 Å². The molecule has 0 amide bonds. The van der Waals surface area contributed by atoms with Gasteiger partial charge in [0.1, 0.15) is 0 Å². The van der Waals surface area contributed by atoms with Gasteiger partial charge >= 0.3 is 0 Å². The molecule has 0 atom stereocenters. The molecule has 90 valence electrons. The molecule has 0 unspecified atom stereocenters. The monoisotopic (exact) mass is 232 g/mol. The highest BCUT2D eigenvalue weighted by Gasteiger charge is 2.04. The van der Waals surface area contributed by atoms with Crippen molar-refractivity contribution >= 4 is 0 Å². The molecule has 1 N–H and O–H groups in total. The topological polar surface area (TPSA) is 52.0 Å². The summed E-state index contributed by atoms with van der Waals surface area (Å²) in [5.41, 5.74) is 2.09. The Bertz CT molecular complexity index is 507. The Morgan fingerprint density at radius 3 is 2.88 bits per heavy atom. The molecule has 2 aromatic heterocycles. The Kier molecular flexibility index (Phi) is 3.39. The third-order valence-electron chi connectivity index (χ3n) is 2.27. The number of hydrogen-bond donors (Lipinski definition) is 1. The Balaban J connectivity index is 2.20. The van der Waals surface area contributed by atoms with E-state index in [1.54, 1.807) is 10.9 Å². The van der Waals surface area contributed by atoms with Gasteiger partial charge in [0, 0.05) is 25.4 Å². The fraction of sp³-hybridized carbons (Fsp3) is 0.333. The van der Waals surface area contributed by atoms with Gasteiger partial charge in [-0.05, 0) is 25.6 Å². The van der Waals surface area contributed by atoms with Crippen molar-refractivity contribution in [3.8, 4) is 11.6 Å². The Morgan fingerprint density at radius 2 is 2.24 bits per heavy atom. The lowest BCUT2D eigenvalue weighted by molar-refractivity contribution is 0.460. The van der Waals surface area contributed by atoms with Crippen LogP contribution in [0.15, 0.2) is 24.5 Å². The first-order valence-electron chi connectivity index (χ1n) is 5.46. The Labute approximate surface area is 100 Å². The minimum Gasteiger partial charge on any atom is -0.436 e. The molecule has 0 aliphatic heterocycles. The summed E-state index contributed by atoms with van der Waals surface area (Å²) in [6.45, 7) is 2.75. The third kappa shape index (κ3) is 3.04. The van der Waals surface area contributed by atoms with Crippen molar-refractivity contribution in [2.45, 2.75) is 13.5 Å². The van der Waals surface area contributed by atoms with Gasteiger partial charge in [-0.25, -0.2) is 4.98 Å². The van der Waals surface area contributed by atoms with E-state index in [0.717, 1.165) is 17.8 Å². The molecule has 0 radical (unpaired) electrons. The van der Waals surface area contributed by atoms with Crippen molar-refractivity contribution in [1.29, 1.82) is 0 Å². The van der Waals surface area contributed by atoms with Gasteiger partial charge in [-0.3, -0.25) is 4.68 Å². The van der Waals surface area contributed by atoms with Crippen molar-refractivity contribution < 1.29 is 4.74 Å². The summed E-state index contributed by atoms with van der Waals surface area (Å²) in [6.07, 6.45) is 3.48. The zero-order valence-electron chi connectivity index (χ0n) is 10.3. The smallest absolute Gasteiger partial charge is 0.219 e.